The van der Waals surface area contributed by atoms with E-state index in [0.717, 1.165) is 22.3 Å². The molecule has 4 aromatic rings. The van der Waals surface area contributed by atoms with Gasteiger partial charge >= 0.3 is 0 Å². The maximum Gasteiger partial charge on any atom is 0.194 e. The van der Waals surface area contributed by atoms with Crippen molar-refractivity contribution in [2.75, 3.05) is 13.7 Å². The number of hydrogen-bond acceptors (Lipinski definition) is 6. The summed E-state index contributed by atoms with van der Waals surface area (Å²) in [6, 6.07) is 40.4. The van der Waals surface area contributed by atoms with Crippen molar-refractivity contribution < 1.29 is 28.4 Å². The van der Waals surface area contributed by atoms with Crippen molar-refractivity contribution in [1.29, 1.82) is 0 Å². The molecule has 1 aliphatic heterocycles. The maximum absolute atomic E-state index is 6.70. The van der Waals surface area contributed by atoms with E-state index >= 15 is 0 Å². The zero-order valence-corrected chi connectivity index (χ0v) is 24.3. The Kier molecular flexibility index (Phi) is 10.9. The van der Waals surface area contributed by atoms with Gasteiger partial charge in [0.1, 0.15) is 24.4 Å². The van der Waals surface area contributed by atoms with Crippen molar-refractivity contribution >= 4 is 0 Å². The fourth-order valence-corrected chi connectivity index (χ4v) is 5.20. The van der Waals surface area contributed by atoms with Crippen molar-refractivity contribution in [3.05, 3.63) is 144 Å². The van der Waals surface area contributed by atoms with Gasteiger partial charge in [0.25, 0.3) is 0 Å². The highest BCUT2D eigenvalue weighted by Crippen LogP contribution is 2.37. The van der Waals surface area contributed by atoms with Crippen LogP contribution in [0.2, 0.25) is 0 Å². The van der Waals surface area contributed by atoms with Crippen LogP contribution in [0.25, 0.3) is 0 Å². The van der Waals surface area contributed by atoms with Crippen LogP contribution < -0.4 is 0 Å². The lowest BCUT2D eigenvalue weighted by Gasteiger charge is -2.50. The molecule has 0 bridgehead atoms. The lowest BCUT2D eigenvalue weighted by Crippen LogP contribution is -2.66. The molecule has 1 fully saturated rings. The molecule has 6 nitrogen and oxygen atoms in total. The fourth-order valence-electron chi connectivity index (χ4n) is 5.20. The van der Waals surface area contributed by atoms with Crippen LogP contribution in [0, 0.1) is 0 Å². The Morgan fingerprint density at radius 2 is 0.952 bits per heavy atom. The first-order valence-corrected chi connectivity index (χ1v) is 14.5. The van der Waals surface area contributed by atoms with Crippen LogP contribution in [-0.2, 0) is 54.8 Å². The first-order valence-electron chi connectivity index (χ1n) is 14.5. The summed E-state index contributed by atoms with van der Waals surface area (Å²) >= 11 is 0. The molecular weight excluding hydrogens is 528 g/mol. The van der Waals surface area contributed by atoms with E-state index < -0.39 is 30.2 Å². The van der Waals surface area contributed by atoms with Crippen molar-refractivity contribution in [2.24, 2.45) is 0 Å². The van der Waals surface area contributed by atoms with Gasteiger partial charge in [-0.15, -0.1) is 0 Å². The van der Waals surface area contributed by atoms with Gasteiger partial charge in [-0.3, -0.25) is 0 Å². The van der Waals surface area contributed by atoms with Crippen molar-refractivity contribution in [3.63, 3.8) is 0 Å². The maximum atomic E-state index is 6.70. The summed E-state index contributed by atoms with van der Waals surface area (Å²) in [6.45, 7) is 3.81. The van der Waals surface area contributed by atoms with E-state index in [-0.39, 0.29) is 0 Å². The second-order valence-electron chi connectivity index (χ2n) is 10.6. The van der Waals surface area contributed by atoms with Crippen LogP contribution in [0.15, 0.2) is 121 Å². The van der Waals surface area contributed by atoms with Gasteiger partial charge in [-0.05, 0) is 29.2 Å². The lowest BCUT2D eigenvalue weighted by molar-refractivity contribution is -0.370. The van der Waals surface area contributed by atoms with Crippen LogP contribution in [0.1, 0.15) is 29.2 Å². The van der Waals surface area contributed by atoms with Gasteiger partial charge in [0.05, 0.1) is 33.0 Å². The first-order chi connectivity index (χ1) is 20.6. The Hall–Kier alpha value is -3.36. The minimum atomic E-state index is -1.11. The summed E-state index contributed by atoms with van der Waals surface area (Å²) < 4.78 is 38.8. The molecule has 42 heavy (non-hydrogen) atoms. The van der Waals surface area contributed by atoms with Gasteiger partial charge in [-0.1, -0.05) is 121 Å². The predicted molar refractivity (Wildman–Crippen MR) is 161 cm³/mol. The second-order valence-corrected chi connectivity index (χ2v) is 10.6. The van der Waals surface area contributed by atoms with Crippen LogP contribution in [0.5, 0.6) is 0 Å². The lowest BCUT2D eigenvalue weighted by atomic mass is 9.92. The van der Waals surface area contributed by atoms with E-state index in [1.54, 1.807) is 7.11 Å². The van der Waals surface area contributed by atoms with Gasteiger partial charge < -0.3 is 28.4 Å². The summed E-state index contributed by atoms with van der Waals surface area (Å²) in [7, 11) is 1.64. The van der Waals surface area contributed by atoms with E-state index in [1.807, 2.05) is 116 Å². The molecule has 0 unspecified atom stereocenters. The van der Waals surface area contributed by atoms with Crippen molar-refractivity contribution in [2.45, 2.75) is 63.6 Å². The van der Waals surface area contributed by atoms with Crippen LogP contribution in [0.4, 0.5) is 0 Å². The molecule has 0 amide bonds. The number of hydrogen-bond donors (Lipinski definition) is 0. The van der Waals surface area contributed by atoms with Crippen molar-refractivity contribution in [1.82, 2.24) is 0 Å². The highest BCUT2D eigenvalue weighted by molar-refractivity contribution is 5.16. The molecule has 1 aliphatic rings. The molecule has 4 aromatic carbocycles. The van der Waals surface area contributed by atoms with E-state index in [9.17, 15) is 0 Å². The minimum Gasteiger partial charge on any atom is -0.374 e. The van der Waals surface area contributed by atoms with Crippen molar-refractivity contribution in [3.8, 4) is 0 Å². The molecule has 5 atom stereocenters. The Bertz CT molecular complexity index is 1300. The van der Waals surface area contributed by atoms with Gasteiger partial charge in [-0.25, -0.2) is 0 Å². The SMILES string of the molecule is CO[C@@]1(C)O[C@H](COCc2ccccc2)[C@@H](OCc2ccccc2)[C@H](OCc2ccccc2)[C@@H]1OCc1ccccc1. The molecule has 0 N–H and O–H groups in total. The highest BCUT2D eigenvalue weighted by atomic mass is 16.7. The Balaban J connectivity index is 1.42. The smallest absolute Gasteiger partial charge is 0.194 e. The Morgan fingerprint density at radius 3 is 1.40 bits per heavy atom. The molecule has 0 aromatic heterocycles. The van der Waals surface area contributed by atoms with Gasteiger partial charge in [0, 0.05) is 7.11 Å². The van der Waals surface area contributed by atoms with Crippen LogP contribution in [-0.4, -0.2) is 43.9 Å². The fraction of sp³-hybridized carbons (Fsp3) is 0.333. The summed E-state index contributed by atoms with van der Waals surface area (Å²) in [6.07, 6.45) is -2.06. The zero-order chi connectivity index (χ0) is 29.0. The third-order valence-corrected chi connectivity index (χ3v) is 7.53. The standard InChI is InChI=1S/C36H40O6/c1-36(37-2)35(41-26-31-21-13-6-14-22-31)34(40-25-30-19-11-5-12-20-30)33(39-24-29-17-9-4-10-18-29)32(42-36)27-38-23-28-15-7-3-8-16-28/h3-22,32-35H,23-27H2,1-2H3/t32-,33-,34+,35+,36+/m1/s1. The summed E-state index contributed by atoms with van der Waals surface area (Å²) in [4.78, 5) is 0. The average Bonchev–Trinajstić information content (AvgIpc) is 3.05. The average molecular weight is 569 g/mol. The summed E-state index contributed by atoms with van der Waals surface area (Å²) in [5.74, 6) is -1.11. The van der Waals surface area contributed by atoms with Crippen LogP contribution >= 0.6 is 0 Å². The normalized spacial score (nSPS) is 24.0. The van der Waals surface area contributed by atoms with E-state index in [2.05, 4.69) is 12.1 Å². The Labute approximate surface area is 249 Å². The third kappa shape index (κ3) is 8.13. The largest absolute Gasteiger partial charge is 0.374 e. The number of rotatable bonds is 14. The van der Waals surface area contributed by atoms with Gasteiger partial charge in [0.15, 0.2) is 5.79 Å². The second kappa shape index (κ2) is 15.2. The molecule has 1 saturated heterocycles. The molecule has 6 heteroatoms. The topological polar surface area (TPSA) is 55.4 Å². The molecular formula is C36H40O6. The van der Waals surface area contributed by atoms with E-state index in [0.29, 0.717) is 33.0 Å². The van der Waals surface area contributed by atoms with Gasteiger partial charge in [-0.2, -0.15) is 0 Å². The molecule has 0 saturated carbocycles. The Morgan fingerprint density at radius 1 is 0.548 bits per heavy atom. The van der Waals surface area contributed by atoms with Crippen LogP contribution in [0.3, 0.4) is 0 Å². The molecule has 220 valence electrons. The quantitative estimate of drug-likeness (QED) is 0.168. The summed E-state index contributed by atoms with van der Waals surface area (Å²) in [5, 5.41) is 0. The monoisotopic (exact) mass is 568 g/mol. The molecule has 1 heterocycles. The zero-order valence-electron chi connectivity index (χ0n) is 24.3. The number of methoxy groups -OCH3 is 1. The summed E-state index contributed by atoms with van der Waals surface area (Å²) in [5.41, 5.74) is 4.26. The molecule has 0 radical (unpaired) electrons. The molecule has 0 aliphatic carbocycles. The number of benzene rings is 4. The first kappa shape index (κ1) is 30.1. The van der Waals surface area contributed by atoms with E-state index in [1.165, 1.54) is 0 Å². The third-order valence-electron chi connectivity index (χ3n) is 7.53. The highest BCUT2D eigenvalue weighted by Gasteiger charge is 2.55. The van der Waals surface area contributed by atoms with Gasteiger partial charge in [0.2, 0.25) is 0 Å². The van der Waals surface area contributed by atoms with E-state index in [4.69, 9.17) is 28.4 Å². The predicted octanol–water partition coefficient (Wildman–Crippen LogP) is 6.72. The molecule has 0 spiro atoms. The number of ether oxygens (including phenoxy) is 6. The molecule has 5 rings (SSSR count). The minimum absolute atomic E-state index is 0.296.